The van der Waals surface area contributed by atoms with Crippen LogP contribution in [0.15, 0.2) is 6.20 Å². The first-order chi connectivity index (χ1) is 8.99. The van der Waals surface area contributed by atoms with E-state index in [0.29, 0.717) is 19.4 Å². The summed E-state index contributed by atoms with van der Waals surface area (Å²) in [6.07, 6.45) is 3.86. The maximum atomic E-state index is 12.1. The van der Waals surface area contributed by atoms with Crippen molar-refractivity contribution in [2.75, 3.05) is 13.6 Å². The molecule has 0 aliphatic heterocycles. The number of likely N-dealkylation sites (N-methyl/N-ethyl adjacent to an activating group) is 1. The zero-order chi connectivity index (χ0) is 14.0. The molecule has 1 saturated carbocycles. The molecule has 1 aromatic heterocycles. The van der Waals surface area contributed by atoms with Crippen molar-refractivity contribution in [1.82, 2.24) is 9.88 Å². The maximum Gasteiger partial charge on any atom is 0.307 e. The quantitative estimate of drug-likeness (QED) is 0.889. The predicted molar refractivity (Wildman–Crippen MR) is 72.0 cm³/mol. The average Bonchev–Trinajstić information content (AvgIpc) is 2.69. The summed E-state index contributed by atoms with van der Waals surface area (Å²) in [5.74, 6) is -1.72. The molecule has 0 radical (unpaired) electrons. The van der Waals surface area contributed by atoms with Crippen molar-refractivity contribution in [3.8, 4) is 0 Å². The lowest BCUT2D eigenvalue weighted by atomic mass is 9.73. The molecule has 0 saturated heterocycles. The Kier molecular flexibility index (Phi) is 4.19. The monoisotopic (exact) mass is 282 g/mol. The Labute approximate surface area is 116 Å². The van der Waals surface area contributed by atoms with E-state index >= 15 is 0 Å². The number of aryl methyl sites for hydroxylation is 1. The van der Waals surface area contributed by atoms with Crippen molar-refractivity contribution >= 4 is 23.2 Å². The normalized spacial score (nSPS) is 21.8. The molecule has 0 bridgehead atoms. The van der Waals surface area contributed by atoms with Gasteiger partial charge in [-0.1, -0.05) is 0 Å². The molecule has 1 aliphatic carbocycles. The Balaban J connectivity index is 1.84. The van der Waals surface area contributed by atoms with E-state index in [1.54, 1.807) is 23.3 Å². The fourth-order valence-corrected chi connectivity index (χ4v) is 3.04. The van der Waals surface area contributed by atoms with Crippen LogP contribution in [0.2, 0.25) is 0 Å². The van der Waals surface area contributed by atoms with Gasteiger partial charge in [-0.05, 0) is 19.8 Å². The van der Waals surface area contributed by atoms with Crippen molar-refractivity contribution < 1.29 is 14.7 Å². The van der Waals surface area contributed by atoms with Gasteiger partial charge < -0.3 is 10.0 Å². The van der Waals surface area contributed by atoms with E-state index in [0.717, 1.165) is 16.3 Å². The lowest BCUT2D eigenvalue weighted by Gasteiger charge is -2.34. The van der Waals surface area contributed by atoms with Crippen LogP contribution >= 0.6 is 11.3 Å². The first-order valence-electron chi connectivity index (χ1n) is 6.38. The van der Waals surface area contributed by atoms with E-state index in [2.05, 4.69) is 4.98 Å². The molecule has 1 aliphatic rings. The van der Waals surface area contributed by atoms with E-state index in [9.17, 15) is 9.59 Å². The summed E-state index contributed by atoms with van der Waals surface area (Å²) in [6, 6.07) is 0. The topological polar surface area (TPSA) is 70.5 Å². The van der Waals surface area contributed by atoms with Gasteiger partial charge in [0.1, 0.15) is 0 Å². The van der Waals surface area contributed by atoms with Gasteiger partial charge in [0.05, 0.1) is 16.8 Å². The highest BCUT2D eigenvalue weighted by Gasteiger charge is 2.42. The van der Waals surface area contributed by atoms with Gasteiger partial charge in [-0.3, -0.25) is 9.59 Å². The van der Waals surface area contributed by atoms with Crippen LogP contribution in [0.25, 0.3) is 0 Å². The highest BCUT2D eigenvalue weighted by Crippen LogP contribution is 2.35. The number of hydrogen-bond acceptors (Lipinski definition) is 4. The standard InChI is InChI=1S/C13H18N2O3S/c1-8-7-14-11(19-8)5-6-15(2)12(16)9-3-4-10(9)13(17)18/h7,9-10H,3-6H2,1-2H3,(H,17,18). The smallest absolute Gasteiger partial charge is 0.307 e. The summed E-state index contributed by atoms with van der Waals surface area (Å²) in [4.78, 5) is 30.1. The molecule has 1 heterocycles. The number of aromatic nitrogens is 1. The van der Waals surface area contributed by atoms with Crippen LogP contribution in [0.4, 0.5) is 0 Å². The molecule has 1 N–H and O–H groups in total. The van der Waals surface area contributed by atoms with Crippen LogP contribution in [0, 0.1) is 18.8 Å². The fourth-order valence-electron chi connectivity index (χ4n) is 2.26. The summed E-state index contributed by atoms with van der Waals surface area (Å²) in [6.45, 7) is 2.59. The largest absolute Gasteiger partial charge is 0.481 e. The Bertz CT molecular complexity index is 486. The lowest BCUT2D eigenvalue weighted by molar-refractivity contribution is -0.156. The predicted octanol–water partition coefficient (Wildman–Crippen LogP) is 1.56. The molecule has 2 rings (SSSR count). The van der Waals surface area contributed by atoms with E-state index in [1.807, 2.05) is 13.1 Å². The van der Waals surface area contributed by atoms with E-state index in [-0.39, 0.29) is 11.8 Å². The fraction of sp³-hybridized carbons (Fsp3) is 0.615. The minimum Gasteiger partial charge on any atom is -0.481 e. The SMILES string of the molecule is Cc1cnc(CCN(C)C(=O)C2CCC2C(=O)O)s1. The van der Waals surface area contributed by atoms with Crippen molar-refractivity contribution in [3.05, 3.63) is 16.1 Å². The summed E-state index contributed by atoms with van der Waals surface area (Å²) < 4.78 is 0. The summed E-state index contributed by atoms with van der Waals surface area (Å²) in [5.41, 5.74) is 0. The van der Waals surface area contributed by atoms with Crippen LogP contribution in [-0.2, 0) is 16.0 Å². The number of carbonyl (C=O) groups excluding carboxylic acids is 1. The van der Waals surface area contributed by atoms with Gasteiger partial charge in [0.25, 0.3) is 0 Å². The van der Waals surface area contributed by atoms with E-state index < -0.39 is 11.9 Å². The van der Waals surface area contributed by atoms with Crippen LogP contribution in [-0.4, -0.2) is 40.5 Å². The molecule has 104 valence electrons. The first-order valence-corrected chi connectivity index (χ1v) is 7.19. The second-order valence-electron chi connectivity index (χ2n) is 5.00. The van der Waals surface area contributed by atoms with Crippen molar-refractivity contribution in [3.63, 3.8) is 0 Å². The molecular formula is C13H18N2O3S. The lowest BCUT2D eigenvalue weighted by Crippen LogP contribution is -2.45. The highest BCUT2D eigenvalue weighted by atomic mass is 32.1. The minimum atomic E-state index is -0.853. The summed E-state index contributed by atoms with van der Waals surface area (Å²) in [5, 5.41) is 9.98. The number of carboxylic acids is 1. The van der Waals surface area contributed by atoms with Crippen LogP contribution in [0.5, 0.6) is 0 Å². The van der Waals surface area contributed by atoms with Gasteiger partial charge in [0.2, 0.25) is 5.91 Å². The van der Waals surface area contributed by atoms with Gasteiger partial charge in [-0.15, -0.1) is 11.3 Å². The van der Waals surface area contributed by atoms with Crippen LogP contribution < -0.4 is 0 Å². The number of aliphatic carboxylic acids is 1. The molecule has 6 heteroatoms. The second kappa shape index (κ2) is 5.69. The first kappa shape index (κ1) is 14.0. The third kappa shape index (κ3) is 3.12. The zero-order valence-electron chi connectivity index (χ0n) is 11.1. The number of thiazole rings is 1. The average molecular weight is 282 g/mol. The third-order valence-corrected chi connectivity index (χ3v) is 4.59. The molecule has 1 fully saturated rings. The molecule has 2 unspecified atom stereocenters. The molecule has 1 aromatic rings. The number of hydrogen-bond donors (Lipinski definition) is 1. The van der Waals surface area contributed by atoms with Gasteiger partial charge in [0, 0.05) is 31.1 Å². The number of rotatable bonds is 5. The number of amides is 1. The summed E-state index contributed by atoms with van der Waals surface area (Å²) >= 11 is 1.63. The Hall–Kier alpha value is -1.43. The Morgan fingerprint density at radius 2 is 2.16 bits per heavy atom. The van der Waals surface area contributed by atoms with Crippen LogP contribution in [0.3, 0.4) is 0 Å². The van der Waals surface area contributed by atoms with Gasteiger partial charge in [-0.25, -0.2) is 4.98 Å². The number of carboxylic acid groups (broad SMARTS) is 1. The molecular weight excluding hydrogens is 264 g/mol. The maximum absolute atomic E-state index is 12.1. The Morgan fingerprint density at radius 3 is 2.63 bits per heavy atom. The van der Waals surface area contributed by atoms with E-state index in [1.165, 1.54) is 0 Å². The van der Waals surface area contributed by atoms with Crippen LogP contribution in [0.1, 0.15) is 22.7 Å². The van der Waals surface area contributed by atoms with Gasteiger partial charge >= 0.3 is 5.97 Å². The van der Waals surface area contributed by atoms with Gasteiger partial charge in [0.15, 0.2) is 0 Å². The second-order valence-corrected chi connectivity index (χ2v) is 6.32. The number of carbonyl (C=O) groups is 2. The minimum absolute atomic E-state index is 0.0491. The summed E-state index contributed by atoms with van der Waals surface area (Å²) in [7, 11) is 1.74. The molecule has 2 atom stereocenters. The van der Waals surface area contributed by atoms with Gasteiger partial charge in [-0.2, -0.15) is 0 Å². The molecule has 5 nitrogen and oxygen atoms in total. The molecule has 1 amide bonds. The van der Waals surface area contributed by atoms with Crippen molar-refractivity contribution in [2.45, 2.75) is 26.2 Å². The molecule has 0 aromatic carbocycles. The third-order valence-electron chi connectivity index (χ3n) is 3.62. The molecule has 19 heavy (non-hydrogen) atoms. The molecule has 0 spiro atoms. The van der Waals surface area contributed by atoms with Crippen molar-refractivity contribution in [1.29, 1.82) is 0 Å². The Morgan fingerprint density at radius 1 is 1.47 bits per heavy atom. The zero-order valence-corrected chi connectivity index (χ0v) is 11.9. The van der Waals surface area contributed by atoms with Crippen molar-refractivity contribution in [2.24, 2.45) is 11.8 Å². The number of nitrogens with zero attached hydrogens (tertiary/aromatic N) is 2. The highest BCUT2D eigenvalue weighted by molar-refractivity contribution is 7.11. The van der Waals surface area contributed by atoms with E-state index in [4.69, 9.17) is 5.11 Å².